The van der Waals surface area contributed by atoms with Gasteiger partial charge in [-0.2, -0.15) is 0 Å². The van der Waals surface area contributed by atoms with Gasteiger partial charge in [-0.05, 0) is 38.7 Å². The zero-order chi connectivity index (χ0) is 21.0. The molecular formula is C19H27N5O4S. The zero-order valence-corrected chi connectivity index (χ0v) is 17.4. The Hall–Kier alpha value is -2.30. The Balaban J connectivity index is 1.71. The number of nitrogens with one attached hydrogen (secondary N) is 3. The first-order valence-electron chi connectivity index (χ1n) is 9.66. The molecule has 158 valence electrons. The van der Waals surface area contributed by atoms with Crippen molar-refractivity contribution in [3.8, 4) is 0 Å². The van der Waals surface area contributed by atoms with E-state index in [1.165, 1.54) is 6.26 Å². The monoisotopic (exact) mass is 421 g/mol. The van der Waals surface area contributed by atoms with E-state index in [1.807, 2.05) is 6.07 Å². The minimum atomic E-state index is -3.20. The van der Waals surface area contributed by atoms with Crippen LogP contribution in [0.4, 0.5) is 5.95 Å². The number of rotatable bonds is 7. The molecule has 2 aromatic rings. The summed E-state index contributed by atoms with van der Waals surface area (Å²) in [7, 11) is -3.20. The number of aromatic nitrogens is 2. The van der Waals surface area contributed by atoms with Crippen molar-refractivity contribution in [2.45, 2.75) is 50.7 Å². The van der Waals surface area contributed by atoms with Crippen LogP contribution in [0.1, 0.15) is 43.0 Å². The Morgan fingerprint density at radius 3 is 2.59 bits per heavy atom. The van der Waals surface area contributed by atoms with Crippen LogP contribution in [0.5, 0.6) is 0 Å². The summed E-state index contributed by atoms with van der Waals surface area (Å²) in [6.45, 7) is 1.58. The zero-order valence-electron chi connectivity index (χ0n) is 16.6. The van der Waals surface area contributed by atoms with E-state index in [0.29, 0.717) is 17.0 Å². The summed E-state index contributed by atoms with van der Waals surface area (Å²) in [6.07, 6.45) is 5.93. The lowest BCUT2D eigenvalue weighted by atomic mass is 9.92. The summed E-state index contributed by atoms with van der Waals surface area (Å²) in [5.74, 6) is 0.140. The quantitative estimate of drug-likeness (QED) is 0.524. The van der Waals surface area contributed by atoms with Crippen molar-refractivity contribution in [2.24, 2.45) is 0 Å². The second kappa shape index (κ2) is 9.02. The first kappa shape index (κ1) is 21.4. The summed E-state index contributed by atoms with van der Waals surface area (Å²) in [4.78, 5) is 21.4. The molecule has 0 aliphatic heterocycles. The number of carbonyl (C=O) groups is 1. The maximum atomic E-state index is 12.5. The van der Waals surface area contributed by atoms with Gasteiger partial charge in [0.1, 0.15) is 0 Å². The Morgan fingerprint density at radius 2 is 1.93 bits per heavy atom. The van der Waals surface area contributed by atoms with E-state index in [-0.39, 0.29) is 30.6 Å². The number of anilines is 1. The van der Waals surface area contributed by atoms with E-state index in [1.54, 1.807) is 25.3 Å². The third kappa shape index (κ3) is 5.84. The number of aliphatic hydroxyl groups is 1. The van der Waals surface area contributed by atoms with E-state index in [0.717, 1.165) is 31.1 Å². The first-order valence-corrected chi connectivity index (χ1v) is 11.6. The molecule has 0 spiro atoms. The second-order valence-electron chi connectivity index (χ2n) is 7.58. The molecule has 1 aliphatic carbocycles. The van der Waals surface area contributed by atoms with Crippen LogP contribution in [-0.4, -0.2) is 60.4 Å². The molecule has 0 bridgehead atoms. The SMILES string of the molecule is C[C@@H](CO)NC(=O)c1cccc2cnc(N[C@H]3CC[C@H](NS(C)(=O)=O)CC3)nc12. The fourth-order valence-corrected chi connectivity index (χ4v) is 4.34. The number of hydrogen-bond acceptors (Lipinski definition) is 7. The molecule has 1 aromatic carbocycles. The molecule has 0 unspecified atom stereocenters. The molecule has 10 heteroatoms. The Morgan fingerprint density at radius 1 is 1.24 bits per heavy atom. The molecule has 1 amide bonds. The van der Waals surface area contributed by atoms with Crippen LogP contribution in [-0.2, 0) is 10.0 Å². The summed E-state index contributed by atoms with van der Waals surface area (Å²) in [5, 5.41) is 16.0. The molecule has 4 N–H and O–H groups in total. The lowest BCUT2D eigenvalue weighted by Crippen LogP contribution is -2.39. The lowest BCUT2D eigenvalue weighted by Gasteiger charge is -2.29. The summed E-state index contributed by atoms with van der Waals surface area (Å²) >= 11 is 0. The average molecular weight is 422 g/mol. The highest BCUT2D eigenvalue weighted by atomic mass is 32.2. The van der Waals surface area contributed by atoms with Gasteiger partial charge in [-0.15, -0.1) is 0 Å². The highest BCUT2D eigenvalue weighted by Gasteiger charge is 2.24. The van der Waals surface area contributed by atoms with Gasteiger partial charge in [-0.1, -0.05) is 12.1 Å². The van der Waals surface area contributed by atoms with Crippen LogP contribution >= 0.6 is 0 Å². The van der Waals surface area contributed by atoms with Gasteiger partial charge in [-0.25, -0.2) is 23.1 Å². The number of aliphatic hydroxyl groups excluding tert-OH is 1. The minimum absolute atomic E-state index is 0.0376. The molecule has 9 nitrogen and oxygen atoms in total. The summed E-state index contributed by atoms with van der Waals surface area (Å²) in [6, 6.07) is 5.05. The molecule has 1 aliphatic rings. The van der Waals surface area contributed by atoms with Gasteiger partial charge in [-0.3, -0.25) is 4.79 Å². The van der Waals surface area contributed by atoms with Crippen LogP contribution in [0.2, 0.25) is 0 Å². The van der Waals surface area contributed by atoms with Crippen molar-refractivity contribution in [1.82, 2.24) is 20.0 Å². The van der Waals surface area contributed by atoms with Crippen LogP contribution in [0, 0.1) is 0 Å². The molecule has 1 aromatic heterocycles. The van der Waals surface area contributed by atoms with Gasteiger partial charge in [0.05, 0.1) is 23.9 Å². The predicted molar refractivity (Wildman–Crippen MR) is 111 cm³/mol. The maximum Gasteiger partial charge on any atom is 0.253 e. The van der Waals surface area contributed by atoms with Crippen LogP contribution < -0.4 is 15.4 Å². The highest BCUT2D eigenvalue weighted by Crippen LogP contribution is 2.23. The number of sulfonamides is 1. The van der Waals surface area contributed by atoms with Crippen molar-refractivity contribution in [3.05, 3.63) is 30.0 Å². The van der Waals surface area contributed by atoms with Crippen LogP contribution in [0.3, 0.4) is 0 Å². The molecular weight excluding hydrogens is 394 g/mol. The normalized spacial score (nSPS) is 20.9. The van der Waals surface area contributed by atoms with Gasteiger partial charge in [0, 0.05) is 29.7 Å². The number of nitrogens with zero attached hydrogens (tertiary/aromatic N) is 2. The summed E-state index contributed by atoms with van der Waals surface area (Å²) < 4.78 is 25.4. The number of hydrogen-bond donors (Lipinski definition) is 4. The van der Waals surface area contributed by atoms with E-state index < -0.39 is 10.0 Å². The third-order valence-corrected chi connectivity index (χ3v) is 5.71. The molecule has 1 saturated carbocycles. The van der Waals surface area contributed by atoms with Crippen LogP contribution in [0.15, 0.2) is 24.4 Å². The largest absolute Gasteiger partial charge is 0.394 e. The van der Waals surface area contributed by atoms with Gasteiger partial charge in [0.25, 0.3) is 5.91 Å². The highest BCUT2D eigenvalue weighted by molar-refractivity contribution is 7.88. The van der Waals surface area contributed by atoms with Crippen molar-refractivity contribution in [2.75, 3.05) is 18.2 Å². The topological polar surface area (TPSA) is 133 Å². The fourth-order valence-electron chi connectivity index (χ4n) is 3.50. The number of para-hydroxylation sites is 1. The Bertz CT molecular complexity index is 974. The molecule has 29 heavy (non-hydrogen) atoms. The lowest BCUT2D eigenvalue weighted by molar-refractivity contribution is 0.0924. The van der Waals surface area contributed by atoms with Gasteiger partial charge in [0.2, 0.25) is 16.0 Å². The van der Waals surface area contributed by atoms with Crippen molar-refractivity contribution < 1.29 is 18.3 Å². The molecule has 3 rings (SSSR count). The predicted octanol–water partition coefficient (Wildman–Crippen LogP) is 1.01. The fraction of sp³-hybridized carbons (Fsp3) is 0.526. The number of benzene rings is 1. The molecule has 0 saturated heterocycles. The van der Waals surface area contributed by atoms with Crippen molar-refractivity contribution in [1.29, 1.82) is 0 Å². The number of amides is 1. The maximum absolute atomic E-state index is 12.5. The molecule has 1 fully saturated rings. The average Bonchev–Trinajstić information content (AvgIpc) is 2.67. The van der Waals surface area contributed by atoms with E-state index in [2.05, 4.69) is 25.3 Å². The molecule has 1 heterocycles. The van der Waals surface area contributed by atoms with E-state index >= 15 is 0 Å². The van der Waals surface area contributed by atoms with E-state index in [9.17, 15) is 13.2 Å². The smallest absolute Gasteiger partial charge is 0.253 e. The van der Waals surface area contributed by atoms with Gasteiger partial charge >= 0.3 is 0 Å². The van der Waals surface area contributed by atoms with Crippen molar-refractivity contribution >= 4 is 32.8 Å². The third-order valence-electron chi connectivity index (χ3n) is 4.95. The van der Waals surface area contributed by atoms with Gasteiger partial charge < -0.3 is 15.7 Å². The first-order chi connectivity index (χ1) is 13.7. The standard InChI is InChI=1S/C19H27N5O4S/c1-12(11-25)21-18(26)16-5-3-4-13-10-20-19(23-17(13)16)22-14-6-8-15(9-7-14)24-29(2,27)28/h3-5,10,12,14-15,24-25H,6-9,11H2,1-2H3,(H,21,26)(H,20,22,23)/t12-,14-,15-/m0/s1. The molecule has 1 atom stereocenters. The van der Waals surface area contributed by atoms with Gasteiger partial charge in [0.15, 0.2) is 0 Å². The van der Waals surface area contributed by atoms with E-state index in [4.69, 9.17) is 5.11 Å². The van der Waals surface area contributed by atoms with Crippen molar-refractivity contribution in [3.63, 3.8) is 0 Å². The summed E-state index contributed by atoms with van der Waals surface area (Å²) in [5.41, 5.74) is 0.967. The Labute approximate surface area is 170 Å². The minimum Gasteiger partial charge on any atom is -0.394 e. The number of carbonyl (C=O) groups excluding carboxylic acids is 1. The van der Waals surface area contributed by atoms with Crippen LogP contribution in [0.25, 0.3) is 10.9 Å². The second-order valence-corrected chi connectivity index (χ2v) is 9.36. The Kier molecular flexibility index (Phi) is 6.66. The number of fused-ring (bicyclic) bond motifs is 1. The molecule has 0 radical (unpaired) electrons.